The van der Waals surface area contributed by atoms with E-state index < -0.39 is 0 Å². The smallest absolute Gasteiger partial charge is 0.232 e. The van der Waals surface area contributed by atoms with Crippen LogP contribution in [0.15, 0.2) is 120 Å². The van der Waals surface area contributed by atoms with Gasteiger partial charge in [-0.2, -0.15) is 0 Å². The number of aromatic nitrogens is 3. The van der Waals surface area contributed by atoms with Crippen LogP contribution in [0, 0.1) is 3.57 Å². The summed E-state index contributed by atoms with van der Waals surface area (Å²) in [6.45, 7) is 0.526. The van der Waals surface area contributed by atoms with Crippen LogP contribution < -0.4 is 10.2 Å². The van der Waals surface area contributed by atoms with Gasteiger partial charge in [-0.25, -0.2) is 0 Å². The largest absolute Gasteiger partial charge is 0.378 e. The van der Waals surface area contributed by atoms with Crippen LogP contribution in [-0.4, -0.2) is 26.4 Å². The lowest BCUT2D eigenvalue weighted by molar-refractivity contribution is -0.117. The highest BCUT2D eigenvalue weighted by Gasteiger charge is 2.19. The van der Waals surface area contributed by atoms with Crippen molar-refractivity contribution >= 4 is 57.3 Å². The van der Waals surface area contributed by atoms with Crippen molar-refractivity contribution in [1.82, 2.24) is 14.8 Å². The van der Waals surface area contributed by atoms with Crippen molar-refractivity contribution in [2.24, 2.45) is 0 Å². The molecule has 0 aliphatic heterocycles. The van der Waals surface area contributed by atoms with Gasteiger partial charge in [-0.15, -0.1) is 10.2 Å². The van der Waals surface area contributed by atoms with Gasteiger partial charge in [0.2, 0.25) is 5.91 Å². The topological polar surface area (TPSA) is 63.1 Å². The Morgan fingerprint density at radius 2 is 1.37 bits per heavy atom. The van der Waals surface area contributed by atoms with Gasteiger partial charge in [-0.05, 0) is 83.3 Å². The molecule has 0 saturated heterocycles. The van der Waals surface area contributed by atoms with Crippen molar-refractivity contribution < 1.29 is 4.79 Å². The molecule has 6 nitrogen and oxygen atoms in total. The number of carbonyl (C=O) groups excluding carboxylic acids is 1. The van der Waals surface area contributed by atoms with Crippen LogP contribution in [0.3, 0.4) is 0 Å². The summed E-state index contributed by atoms with van der Waals surface area (Å²) in [5.41, 5.74) is 3.71. The maximum atomic E-state index is 13.4. The number of para-hydroxylation sites is 3. The molecule has 1 heterocycles. The molecule has 0 saturated carbocycles. The molecular formula is C30H26IN5OS. The summed E-state index contributed by atoms with van der Waals surface area (Å²) in [7, 11) is 0. The SMILES string of the molecule is O=C(CCSc1nnc(CNc2ccc(I)cc2)n1-c1ccccc1)N(c1ccccc1)c1ccccc1. The number of carbonyl (C=O) groups is 1. The Labute approximate surface area is 240 Å². The summed E-state index contributed by atoms with van der Waals surface area (Å²) < 4.78 is 3.24. The van der Waals surface area contributed by atoms with Gasteiger partial charge in [0.1, 0.15) is 0 Å². The lowest BCUT2D eigenvalue weighted by Gasteiger charge is -2.23. The van der Waals surface area contributed by atoms with E-state index in [0.29, 0.717) is 18.7 Å². The molecule has 0 spiro atoms. The number of nitrogens with zero attached hydrogens (tertiary/aromatic N) is 4. The van der Waals surface area contributed by atoms with Gasteiger partial charge in [-0.3, -0.25) is 14.3 Å². The second kappa shape index (κ2) is 12.7. The molecule has 4 aromatic carbocycles. The molecule has 1 aromatic heterocycles. The average molecular weight is 632 g/mol. The summed E-state index contributed by atoms with van der Waals surface area (Å²) in [6, 6.07) is 37.8. The first kappa shape index (κ1) is 26.0. The summed E-state index contributed by atoms with van der Waals surface area (Å²) >= 11 is 3.83. The highest BCUT2D eigenvalue weighted by atomic mass is 127. The molecule has 190 valence electrons. The Balaban J connectivity index is 1.32. The van der Waals surface area contributed by atoms with Crippen molar-refractivity contribution in [1.29, 1.82) is 0 Å². The molecule has 0 radical (unpaired) electrons. The molecule has 1 N–H and O–H groups in total. The minimum absolute atomic E-state index is 0.0290. The molecular weight excluding hydrogens is 605 g/mol. The highest BCUT2D eigenvalue weighted by molar-refractivity contribution is 14.1. The first-order chi connectivity index (χ1) is 18.7. The third kappa shape index (κ3) is 6.43. The van der Waals surface area contributed by atoms with Gasteiger partial charge >= 0.3 is 0 Å². The maximum Gasteiger partial charge on any atom is 0.232 e. The summed E-state index contributed by atoms with van der Waals surface area (Å²) in [6.07, 6.45) is 0.354. The Kier molecular flexibility index (Phi) is 8.72. The van der Waals surface area contributed by atoms with Crippen LogP contribution >= 0.6 is 34.4 Å². The fourth-order valence-corrected chi connectivity index (χ4v) is 5.28. The number of nitrogens with one attached hydrogen (secondary N) is 1. The van der Waals surface area contributed by atoms with Crippen molar-refractivity contribution in [2.75, 3.05) is 16.0 Å². The molecule has 5 aromatic rings. The van der Waals surface area contributed by atoms with Crippen LogP contribution in [0.5, 0.6) is 0 Å². The van der Waals surface area contributed by atoms with Crippen molar-refractivity contribution in [2.45, 2.75) is 18.1 Å². The minimum Gasteiger partial charge on any atom is -0.378 e. The van der Waals surface area contributed by atoms with Gasteiger partial charge in [-0.1, -0.05) is 66.4 Å². The zero-order valence-electron chi connectivity index (χ0n) is 20.6. The summed E-state index contributed by atoms with van der Waals surface area (Å²) in [4.78, 5) is 15.2. The quantitative estimate of drug-likeness (QED) is 0.129. The minimum atomic E-state index is 0.0290. The fourth-order valence-electron chi connectivity index (χ4n) is 4.03. The van der Waals surface area contributed by atoms with E-state index >= 15 is 0 Å². The number of benzene rings is 4. The van der Waals surface area contributed by atoms with Crippen molar-refractivity contribution in [3.8, 4) is 5.69 Å². The third-order valence-electron chi connectivity index (χ3n) is 5.83. The molecule has 8 heteroatoms. The van der Waals surface area contributed by atoms with E-state index in [0.717, 1.165) is 33.7 Å². The van der Waals surface area contributed by atoms with E-state index in [1.54, 1.807) is 4.90 Å². The predicted molar refractivity (Wildman–Crippen MR) is 163 cm³/mol. The van der Waals surface area contributed by atoms with Crippen LogP contribution in [0.2, 0.25) is 0 Å². The molecule has 0 bridgehead atoms. The molecule has 0 fully saturated rings. The Morgan fingerprint density at radius 1 is 0.789 bits per heavy atom. The zero-order valence-corrected chi connectivity index (χ0v) is 23.5. The zero-order chi connectivity index (χ0) is 26.2. The van der Waals surface area contributed by atoms with Gasteiger partial charge in [0.15, 0.2) is 11.0 Å². The number of hydrogen-bond acceptors (Lipinski definition) is 5. The summed E-state index contributed by atoms with van der Waals surface area (Å²) in [5, 5.41) is 13.2. The number of thioether (sulfide) groups is 1. The second-order valence-corrected chi connectivity index (χ2v) is 10.7. The van der Waals surface area contributed by atoms with Crippen LogP contribution in [0.25, 0.3) is 5.69 Å². The van der Waals surface area contributed by atoms with Crippen LogP contribution in [-0.2, 0) is 11.3 Å². The van der Waals surface area contributed by atoms with Crippen LogP contribution in [0.1, 0.15) is 12.2 Å². The van der Waals surface area contributed by atoms with E-state index in [4.69, 9.17) is 0 Å². The Bertz CT molecular complexity index is 1420. The van der Waals surface area contributed by atoms with E-state index in [1.807, 2.05) is 91.0 Å². The van der Waals surface area contributed by atoms with Crippen molar-refractivity contribution in [3.63, 3.8) is 0 Å². The average Bonchev–Trinajstić information content (AvgIpc) is 3.37. The monoisotopic (exact) mass is 631 g/mol. The van der Waals surface area contributed by atoms with E-state index in [1.165, 1.54) is 15.3 Å². The number of hydrogen-bond donors (Lipinski definition) is 1. The van der Waals surface area contributed by atoms with Gasteiger partial charge in [0, 0.05) is 38.5 Å². The van der Waals surface area contributed by atoms with Crippen molar-refractivity contribution in [3.05, 3.63) is 125 Å². The maximum absolute atomic E-state index is 13.4. The van der Waals surface area contributed by atoms with Gasteiger partial charge in [0.05, 0.1) is 6.54 Å². The first-order valence-electron chi connectivity index (χ1n) is 12.2. The highest BCUT2D eigenvalue weighted by Crippen LogP contribution is 2.28. The fraction of sp³-hybridized carbons (Fsp3) is 0.100. The molecule has 0 aliphatic carbocycles. The number of anilines is 3. The standard InChI is InChI=1S/C30H26IN5OS/c31-23-16-18-24(19-17-23)32-22-28-33-34-30(36(28)27-14-8-3-9-15-27)38-21-20-29(37)35(25-10-4-1-5-11-25)26-12-6-2-7-13-26/h1-19,32H,20-22H2. The first-order valence-corrected chi connectivity index (χ1v) is 14.3. The predicted octanol–water partition coefficient (Wildman–Crippen LogP) is 7.33. The lowest BCUT2D eigenvalue weighted by atomic mass is 10.2. The van der Waals surface area contributed by atoms with E-state index in [9.17, 15) is 4.79 Å². The van der Waals surface area contributed by atoms with Crippen LogP contribution in [0.4, 0.5) is 17.1 Å². The molecule has 38 heavy (non-hydrogen) atoms. The lowest BCUT2D eigenvalue weighted by Crippen LogP contribution is -2.26. The van der Waals surface area contributed by atoms with Gasteiger partial charge in [0.25, 0.3) is 0 Å². The number of amides is 1. The normalized spacial score (nSPS) is 10.8. The molecule has 1 amide bonds. The number of halogens is 1. The molecule has 0 atom stereocenters. The Hall–Kier alpha value is -3.63. The molecule has 0 aliphatic rings. The second-order valence-electron chi connectivity index (χ2n) is 8.43. The Morgan fingerprint density at radius 3 is 1.97 bits per heavy atom. The number of rotatable bonds is 10. The summed E-state index contributed by atoms with van der Waals surface area (Å²) in [5.74, 6) is 1.41. The molecule has 0 unspecified atom stereocenters. The van der Waals surface area contributed by atoms with E-state index in [2.05, 4.69) is 66.9 Å². The van der Waals surface area contributed by atoms with Gasteiger partial charge < -0.3 is 5.32 Å². The third-order valence-corrected chi connectivity index (χ3v) is 7.48. The molecule has 5 rings (SSSR count). The van der Waals surface area contributed by atoms with E-state index in [-0.39, 0.29) is 5.91 Å².